The van der Waals surface area contributed by atoms with Gasteiger partial charge in [0, 0.05) is 7.05 Å². The van der Waals surface area contributed by atoms with Gasteiger partial charge in [-0.15, -0.1) is 0 Å². The molecule has 0 saturated heterocycles. The Morgan fingerprint density at radius 3 is 2.94 bits per heavy atom. The van der Waals surface area contributed by atoms with Crippen molar-refractivity contribution in [3.05, 3.63) is 33.3 Å². The van der Waals surface area contributed by atoms with E-state index in [4.69, 9.17) is 11.6 Å². The molecular formula is C9H9BrClN5O. The highest BCUT2D eigenvalue weighted by atomic mass is 79.9. The number of amides is 1. The minimum absolute atomic E-state index is 0.258. The van der Waals surface area contributed by atoms with E-state index in [-0.39, 0.29) is 5.91 Å². The second-order valence-corrected chi connectivity index (χ2v) is 4.60. The summed E-state index contributed by atoms with van der Waals surface area (Å²) in [6.45, 7) is 0.305. The fraction of sp³-hybridized carbons (Fsp3) is 0.222. The van der Waals surface area contributed by atoms with Gasteiger partial charge in [-0.1, -0.05) is 11.6 Å². The summed E-state index contributed by atoms with van der Waals surface area (Å²) in [5.41, 5.74) is 1.12. The van der Waals surface area contributed by atoms with Crippen molar-refractivity contribution < 1.29 is 4.79 Å². The zero-order chi connectivity index (χ0) is 12.4. The van der Waals surface area contributed by atoms with Crippen LogP contribution in [0, 0.1) is 0 Å². The first kappa shape index (κ1) is 12.1. The summed E-state index contributed by atoms with van der Waals surface area (Å²) in [6.07, 6.45) is 3.06. The Morgan fingerprint density at radius 1 is 1.65 bits per heavy atom. The number of hydrogen-bond acceptors (Lipinski definition) is 3. The summed E-state index contributed by atoms with van der Waals surface area (Å²) >= 11 is 9.14. The van der Waals surface area contributed by atoms with Crippen LogP contribution < -0.4 is 5.32 Å². The van der Waals surface area contributed by atoms with Crippen molar-refractivity contribution >= 4 is 33.4 Å². The summed E-state index contributed by atoms with van der Waals surface area (Å²) in [4.78, 5) is 11.8. The highest BCUT2D eigenvalue weighted by molar-refractivity contribution is 9.10. The van der Waals surface area contributed by atoms with Gasteiger partial charge in [0.1, 0.15) is 5.69 Å². The van der Waals surface area contributed by atoms with E-state index in [1.165, 1.54) is 12.4 Å². The van der Waals surface area contributed by atoms with Crippen LogP contribution in [-0.2, 0) is 13.6 Å². The number of carbonyl (C=O) groups is 1. The van der Waals surface area contributed by atoms with Gasteiger partial charge in [-0.2, -0.15) is 10.2 Å². The van der Waals surface area contributed by atoms with Crippen molar-refractivity contribution in [2.75, 3.05) is 0 Å². The summed E-state index contributed by atoms with van der Waals surface area (Å²) in [6, 6.07) is 0. The monoisotopic (exact) mass is 317 g/mol. The molecule has 0 aliphatic heterocycles. The molecule has 2 N–H and O–H groups in total. The van der Waals surface area contributed by atoms with E-state index in [0.717, 1.165) is 5.69 Å². The highest BCUT2D eigenvalue weighted by Crippen LogP contribution is 2.15. The molecule has 0 spiro atoms. The number of nitrogens with zero attached hydrogens (tertiary/aromatic N) is 3. The molecule has 8 heteroatoms. The molecule has 2 rings (SSSR count). The number of aromatic nitrogens is 4. The molecule has 2 aromatic heterocycles. The number of nitrogens with one attached hydrogen (secondary N) is 2. The Balaban J connectivity index is 2.05. The van der Waals surface area contributed by atoms with Crippen LogP contribution in [0.3, 0.4) is 0 Å². The van der Waals surface area contributed by atoms with E-state index in [1.807, 2.05) is 0 Å². The van der Waals surface area contributed by atoms with E-state index in [0.29, 0.717) is 21.7 Å². The molecule has 0 radical (unpaired) electrons. The Morgan fingerprint density at radius 2 is 2.41 bits per heavy atom. The Labute approximate surface area is 110 Å². The van der Waals surface area contributed by atoms with Crippen LogP contribution in [0.15, 0.2) is 16.9 Å². The maximum absolute atomic E-state index is 11.8. The lowest BCUT2D eigenvalue weighted by Crippen LogP contribution is -2.24. The number of H-pyrrole nitrogens is 1. The largest absolute Gasteiger partial charge is 0.345 e. The molecule has 0 bridgehead atoms. The van der Waals surface area contributed by atoms with E-state index >= 15 is 0 Å². The van der Waals surface area contributed by atoms with Gasteiger partial charge in [-0.25, -0.2) is 0 Å². The van der Waals surface area contributed by atoms with Crippen LogP contribution in [0.2, 0.25) is 5.02 Å². The number of aryl methyl sites for hydroxylation is 1. The van der Waals surface area contributed by atoms with Gasteiger partial charge in [0.05, 0.1) is 34.1 Å². The van der Waals surface area contributed by atoms with Crippen LogP contribution >= 0.6 is 27.5 Å². The number of aromatic amines is 1. The quantitative estimate of drug-likeness (QED) is 0.900. The first-order chi connectivity index (χ1) is 8.09. The van der Waals surface area contributed by atoms with Gasteiger partial charge in [-0.05, 0) is 15.9 Å². The van der Waals surface area contributed by atoms with Crippen LogP contribution in [0.25, 0.3) is 0 Å². The van der Waals surface area contributed by atoms with Crippen molar-refractivity contribution in [2.45, 2.75) is 6.54 Å². The Kier molecular flexibility index (Phi) is 3.49. The van der Waals surface area contributed by atoms with Crippen molar-refractivity contribution in [3.8, 4) is 0 Å². The maximum atomic E-state index is 11.8. The number of halogens is 2. The zero-order valence-corrected chi connectivity index (χ0v) is 11.2. The molecule has 0 saturated carbocycles. The highest BCUT2D eigenvalue weighted by Gasteiger charge is 2.13. The third kappa shape index (κ3) is 2.50. The first-order valence-corrected chi connectivity index (χ1v) is 5.90. The summed E-state index contributed by atoms with van der Waals surface area (Å²) in [7, 11) is 1.76. The third-order valence-electron chi connectivity index (χ3n) is 2.25. The molecule has 0 unspecified atom stereocenters. The normalized spacial score (nSPS) is 10.5. The lowest BCUT2D eigenvalue weighted by molar-refractivity contribution is 0.0944. The standard InChI is InChI=1S/C9H9BrClN5O/c1-16-7(6(11)3-14-16)4-12-9(17)8-5(10)2-13-15-8/h2-3H,4H2,1H3,(H,12,17)(H,13,15). The fourth-order valence-electron chi connectivity index (χ4n) is 1.32. The lowest BCUT2D eigenvalue weighted by Gasteiger charge is -2.05. The van der Waals surface area contributed by atoms with E-state index in [1.54, 1.807) is 11.7 Å². The average Bonchev–Trinajstić information content (AvgIpc) is 2.84. The average molecular weight is 319 g/mol. The van der Waals surface area contributed by atoms with Gasteiger partial charge < -0.3 is 5.32 Å². The van der Waals surface area contributed by atoms with Crippen molar-refractivity contribution in [3.63, 3.8) is 0 Å². The SMILES string of the molecule is Cn1ncc(Cl)c1CNC(=O)c1[nH]ncc1Br. The maximum Gasteiger partial charge on any atom is 0.270 e. The second kappa shape index (κ2) is 4.89. The Bertz CT molecular complexity index is 530. The molecular weight excluding hydrogens is 309 g/mol. The Hall–Kier alpha value is -1.34. The van der Waals surface area contributed by atoms with Crippen molar-refractivity contribution in [1.82, 2.24) is 25.3 Å². The molecule has 90 valence electrons. The summed E-state index contributed by atoms with van der Waals surface area (Å²) in [5.74, 6) is -0.258. The summed E-state index contributed by atoms with van der Waals surface area (Å²) in [5, 5.41) is 13.6. The smallest absolute Gasteiger partial charge is 0.270 e. The first-order valence-electron chi connectivity index (χ1n) is 4.73. The molecule has 0 atom stereocenters. The number of rotatable bonds is 3. The molecule has 6 nitrogen and oxygen atoms in total. The second-order valence-electron chi connectivity index (χ2n) is 3.34. The van der Waals surface area contributed by atoms with Crippen LogP contribution in [-0.4, -0.2) is 25.9 Å². The molecule has 17 heavy (non-hydrogen) atoms. The van der Waals surface area contributed by atoms with E-state index in [2.05, 4.69) is 36.5 Å². The molecule has 2 aromatic rings. The molecule has 0 aliphatic carbocycles. The minimum atomic E-state index is -0.258. The van der Waals surface area contributed by atoms with Gasteiger partial charge in [-0.3, -0.25) is 14.6 Å². The van der Waals surface area contributed by atoms with Gasteiger partial charge in [0.15, 0.2) is 0 Å². The van der Waals surface area contributed by atoms with Crippen molar-refractivity contribution in [1.29, 1.82) is 0 Å². The minimum Gasteiger partial charge on any atom is -0.345 e. The van der Waals surface area contributed by atoms with E-state index in [9.17, 15) is 4.79 Å². The lowest BCUT2D eigenvalue weighted by atomic mass is 10.3. The summed E-state index contributed by atoms with van der Waals surface area (Å²) < 4.78 is 2.23. The van der Waals surface area contributed by atoms with Gasteiger partial charge >= 0.3 is 0 Å². The fourth-order valence-corrected chi connectivity index (χ4v) is 1.92. The van der Waals surface area contributed by atoms with E-state index < -0.39 is 0 Å². The predicted molar refractivity (Wildman–Crippen MR) is 65.7 cm³/mol. The molecule has 2 heterocycles. The van der Waals surface area contributed by atoms with Crippen molar-refractivity contribution in [2.24, 2.45) is 7.05 Å². The topological polar surface area (TPSA) is 75.6 Å². The number of carbonyl (C=O) groups excluding carboxylic acids is 1. The van der Waals surface area contributed by atoms with Crippen LogP contribution in [0.1, 0.15) is 16.2 Å². The number of hydrogen-bond donors (Lipinski definition) is 2. The molecule has 0 aromatic carbocycles. The molecule has 0 fully saturated rings. The van der Waals surface area contributed by atoms with Crippen LogP contribution in [0.4, 0.5) is 0 Å². The van der Waals surface area contributed by atoms with Crippen LogP contribution in [0.5, 0.6) is 0 Å². The molecule has 0 aliphatic rings. The van der Waals surface area contributed by atoms with Gasteiger partial charge in [0.2, 0.25) is 0 Å². The molecule has 1 amide bonds. The third-order valence-corrected chi connectivity index (χ3v) is 3.16. The van der Waals surface area contributed by atoms with Gasteiger partial charge in [0.25, 0.3) is 5.91 Å². The predicted octanol–water partition coefficient (Wildman–Crippen LogP) is 1.49. The zero-order valence-electron chi connectivity index (χ0n) is 8.87.